The third-order valence-corrected chi connectivity index (χ3v) is 4.72. The molecule has 2 heterocycles. The summed E-state index contributed by atoms with van der Waals surface area (Å²) in [6, 6.07) is 12.4. The van der Waals surface area contributed by atoms with E-state index in [9.17, 15) is 24.9 Å². The van der Waals surface area contributed by atoms with E-state index in [-0.39, 0.29) is 24.6 Å². The highest BCUT2D eigenvalue weighted by Crippen LogP contribution is 2.43. The number of benzene rings is 2. The SMILES string of the molecule is O=C(O)C1OC2(c3ccc(O)cc3)CN(Cc3ccc(O)cc3)C(=O)C1O2. The van der Waals surface area contributed by atoms with Gasteiger partial charge in [0.05, 0.1) is 6.54 Å². The summed E-state index contributed by atoms with van der Waals surface area (Å²) < 4.78 is 11.5. The van der Waals surface area contributed by atoms with Crippen LogP contribution in [0.3, 0.4) is 0 Å². The number of morpholine rings is 1. The molecule has 2 aliphatic rings. The molecule has 2 aromatic rings. The zero-order valence-corrected chi connectivity index (χ0v) is 14.1. The van der Waals surface area contributed by atoms with E-state index in [1.807, 2.05) is 0 Å². The number of carboxylic acids is 1. The van der Waals surface area contributed by atoms with Gasteiger partial charge in [-0.05, 0) is 42.0 Å². The normalized spacial score (nSPS) is 27.0. The van der Waals surface area contributed by atoms with Crippen molar-refractivity contribution in [3.05, 3.63) is 59.7 Å². The maximum absolute atomic E-state index is 12.8. The number of aromatic hydroxyl groups is 2. The summed E-state index contributed by atoms with van der Waals surface area (Å²) in [5.74, 6) is -3.01. The molecule has 8 heteroatoms. The first-order chi connectivity index (χ1) is 12.9. The fourth-order valence-electron chi connectivity index (χ4n) is 3.40. The van der Waals surface area contributed by atoms with E-state index in [1.165, 1.54) is 29.2 Å². The van der Waals surface area contributed by atoms with Gasteiger partial charge in [0.2, 0.25) is 5.79 Å². The highest BCUT2D eigenvalue weighted by molar-refractivity contribution is 5.89. The lowest BCUT2D eigenvalue weighted by Crippen LogP contribution is -2.53. The highest BCUT2D eigenvalue weighted by atomic mass is 16.8. The van der Waals surface area contributed by atoms with Crippen LogP contribution in [0.4, 0.5) is 0 Å². The largest absolute Gasteiger partial charge is 0.508 e. The van der Waals surface area contributed by atoms with Crippen molar-refractivity contribution < 1.29 is 34.4 Å². The van der Waals surface area contributed by atoms with Crippen molar-refractivity contribution in [1.29, 1.82) is 0 Å². The summed E-state index contributed by atoms with van der Waals surface area (Å²) >= 11 is 0. The average molecular weight is 371 g/mol. The Balaban J connectivity index is 1.69. The second-order valence-corrected chi connectivity index (χ2v) is 6.58. The number of carbonyl (C=O) groups is 2. The fourth-order valence-corrected chi connectivity index (χ4v) is 3.40. The lowest BCUT2D eigenvalue weighted by molar-refractivity contribution is -0.219. The van der Waals surface area contributed by atoms with Crippen molar-refractivity contribution in [2.24, 2.45) is 0 Å². The summed E-state index contributed by atoms with van der Waals surface area (Å²) in [5, 5.41) is 28.4. The topological polar surface area (TPSA) is 117 Å². The number of rotatable bonds is 4. The predicted molar refractivity (Wildman–Crippen MR) is 90.7 cm³/mol. The summed E-state index contributed by atoms with van der Waals surface area (Å²) in [4.78, 5) is 25.8. The van der Waals surface area contributed by atoms with E-state index in [4.69, 9.17) is 9.47 Å². The molecule has 0 radical (unpaired) electrons. The Labute approximate surface area is 154 Å². The smallest absolute Gasteiger partial charge is 0.336 e. The summed E-state index contributed by atoms with van der Waals surface area (Å²) in [6.45, 7) is 0.215. The molecule has 0 aromatic heterocycles. The monoisotopic (exact) mass is 371 g/mol. The summed E-state index contributed by atoms with van der Waals surface area (Å²) in [5.41, 5.74) is 1.28. The summed E-state index contributed by atoms with van der Waals surface area (Å²) in [7, 11) is 0. The van der Waals surface area contributed by atoms with Crippen LogP contribution in [0, 0.1) is 0 Å². The first kappa shape index (κ1) is 17.3. The van der Waals surface area contributed by atoms with Gasteiger partial charge in [-0.3, -0.25) is 4.79 Å². The molecule has 2 fully saturated rings. The Hall–Kier alpha value is -3.10. The molecule has 140 valence electrons. The van der Waals surface area contributed by atoms with Crippen LogP contribution in [0.2, 0.25) is 0 Å². The van der Waals surface area contributed by atoms with Crippen LogP contribution in [-0.4, -0.2) is 50.8 Å². The molecule has 27 heavy (non-hydrogen) atoms. The fraction of sp³-hybridized carbons (Fsp3) is 0.263. The molecule has 2 aliphatic heterocycles. The van der Waals surface area contributed by atoms with Gasteiger partial charge in [-0.1, -0.05) is 12.1 Å². The van der Waals surface area contributed by atoms with Crippen LogP contribution >= 0.6 is 0 Å². The number of carbonyl (C=O) groups excluding carboxylic acids is 1. The van der Waals surface area contributed by atoms with Gasteiger partial charge in [0.25, 0.3) is 5.91 Å². The number of amides is 1. The molecule has 3 atom stereocenters. The van der Waals surface area contributed by atoms with Crippen LogP contribution in [0.25, 0.3) is 0 Å². The molecule has 1 amide bonds. The number of nitrogens with zero attached hydrogens (tertiary/aromatic N) is 1. The third-order valence-electron chi connectivity index (χ3n) is 4.72. The minimum atomic E-state index is -1.42. The van der Waals surface area contributed by atoms with Gasteiger partial charge < -0.3 is 29.7 Å². The van der Waals surface area contributed by atoms with Gasteiger partial charge in [0, 0.05) is 12.1 Å². The molecule has 8 nitrogen and oxygen atoms in total. The van der Waals surface area contributed by atoms with Crippen LogP contribution < -0.4 is 0 Å². The average Bonchev–Trinajstić information content (AvgIpc) is 2.99. The molecule has 2 aromatic carbocycles. The Bertz CT molecular complexity index is 880. The number of phenolic OH excluding ortho intramolecular Hbond substituents is 2. The first-order valence-corrected chi connectivity index (χ1v) is 8.33. The number of fused-ring (bicyclic) bond motifs is 2. The van der Waals surface area contributed by atoms with Gasteiger partial charge in [-0.25, -0.2) is 4.79 Å². The second kappa shape index (κ2) is 6.26. The van der Waals surface area contributed by atoms with E-state index in [1.54, 1.807) is 24.3 Å². The standard InChI is InChI=1S/C19H17NO7/c21-13-5-1-11(2-6-13)9-20-10-19(12-3-7-14(22)8-4-12)26-15(17(20)23)16(27-19)18(24)25/h1-8,15-16,21-22H,9-10H2,(H,24,25). The molecule has 2 bridgehead atoms. The van der Waals surface area contributed by atoms with Crippen molar-refractivity contribution in [2.45, 2.75) is 24.5 Å². The van der Waals surface area contributed by atoms with Crippen molar-refractivity contribution in [1.82, 2.24) is 4.90 Å². The van der Waals surface area contributed by atoms with Crippen LogP contribution in [-0.2, 0) is 31.4 Å². The van der Waals surface area contributed by atoms with Crippen LogP contribution in [0.15, 0.2) is 48.5 Å². The Morgan fingerprint density at radius 2 is 1.63 bits per heavy atom. The maximum atomic E-state index is 12.8. The second-order valence-electron chi connectivity index (χ2n) is 6.58. The lowest BCUT2D eigenvalue weighted by Gasteiger charge is -2.38. The Morgan fingerprint density at radius 1 is 1.04 bits per heavy atom. The Kier molecular flexibility index (Phi) is 4.01. The predicted octanol–water partition coefficient (Wildman–Crippen LogP) is 1.16. The molecule has 3 N–H and O–H groups in total. The van der Waals surface area contributed by atoms with Crippen molar-refractivity contribution >= 4 is 11.9 Å². The molecular formula is C19H17NO7. The molecule has 3 unspecified atom stereocenters. The van der Waals surface area contributed by atoms with Gasteiger partial charge >= 0.3 is 5.97 Å². The minimum Gasteiger partial charge on any atom is -0.508 e. The van der Waals surface area contributed by atoms with E-state index in [0.717, 1.165) is 5.56 Å². The van der Waals surface area contributed by atoms with Gasteiger partial charge in [-0.2, -0.15) is 0 Å². The molecule has 0 spiro atoms. The lowest BCUT2D eigenvalue weighted by atomic mass is 10.0. The van der Waals surface area contributed by atoms with E-state index < -0.39 is 29.9 Å². The Morgan fingerprint density at radius 3 is 2.22 bits per heavy atom. The van der Waals surface area contributed by atoms with Crippen molar-refractivity contribution in [2.75, 3.05) is 6.54 Å². The maximum Gasteiger partial charge on any atom is 0.336 e. The number of phenols is 2. The third kappa shape index (κ3) is 2.98. The number of ether oxygens (including phenoxy) is 2. The molecular weight excluding hydrogens is 354 g/mol. The molecule has 2 saturated heterocycles. The van der Waals surface area contributed by atoms with E-state index >= 15 is 0 Å². The van der Waals surface area contributed by atoms with Crippen LogP contribution in [0.1, 0.15) is 11.1 Å². The van der Waals surface area contributed by atoms with E-state index in [2.05, 4.69) is 0 Å². The van der Waals surface area contributed by atoms with Gasteiger partial charge in [0.1, 0.15) is 11.5 Å². The number of carboxylic acid groups (broad SMARTS) is 1. The van der Waals surface area contributed by atoms with Crippen molar-refractivity contribution in [3.63, 3.8) is 0 Å². The highest BCUT2D eigenvalue weighted by Gasteiger charge is 2.60. The van der Waals surface area contributed by atoms with Gasteiger partial charge in [-0.15, -0.1) is 0 Å². The molecule has 4 rings (SSSR count). The first-order valence-electron chi connectivity index (χ1n) is 8.33. The molecule has 0 saturated carbocycles. The number of hydrogen-bond donors (Lipinski definition) is 3. The van der Waals surface area contributed by atoms with Gasteiger partial charge in [0.15, 0.2) is 12.2 Å². The zero-order valence-electron chi connectivity index (χ0n) is 14.1. The van der Waals surface area contributed by atoms with Crippen LogP contribution in [0.5, 0.6) is 11.5 Å². The summed E-state index contributed by atoms with van der Waals surface area (Å²) in [6.07, 6.45) is -2.68. The molecule has 0 aliphatic carbocycles. The number of hydrogen-bond acceptors (Lipinski definition) is 6. The quantitative estimate of drug-likeness (QED) is 0.738. The zero-order chi connectivity index (χ0) is 19.2. The van der Waals surface area contributed by atoms with Crippen molar-refractivity contribution in [3.8, 4) is 11.5 Å². The van der Waals surface area contributed by atoms with E-state index in [0.29, 0.717) is 5.56 Å². The number of aliphatic carboxylic acids is 1. The minimum absolute atomic E-state index is 0.00222.